The Bertz CT molecular complexity index is 470. The van der Waals surface area contributed by atoms with Crippen LogP contribution < -0.4 is 5.56 Å². The van der Waals surface area contributed by atoms with Crippen molar-refractivity contribution in [2.24, 2.45) is 0 Å². The van der Waals surface area contributed by atoms with Gasteiger partial charge in [-0.2, -0.15) is 0 Å². The summed E-state index contributed by atoms with van der Waals surface area (Å²) in [6, 6.07) is 0. The standard InChI is InChI=1S/C10H10N2O3/c13-9-7-1-2-10(14-3-4-15-10)5-8(7)11-6-12-9/h3-4,6H,1-2,5H2,(H,11,12,13). The van der Waals surface area contributed by atoms with Crippen molar-refractivity contribution in [1.29, 1.82) is 0 Å². The average Bonchev–Trinajstić information content (AvgIpc) is 2.66. The first-order valence-corrected chi connectivity index (χ1v) is 4.85. The van der Waals surface area contributed by atoms with Gasteiger partial charge >= 0.3 is 0 Å². The Balaban J connectivity index is 2.00. The van der Waals surface area contributed by atoms with Crippen molar-refractivity contribution < 1.29 is 9.47 Å². The van der Waals surface area contributed by atoms with Crippen LogP contribution in [0.15, 0.2) is 23.6 Å². The molecular weight excluding hydrogens is 196 g/mol. The third-order valence-corrected chi connectivity index (χ3v) is 2.85. The molecule has 3 rings (SSSR count). The van der Waals surface area contributed by atoms with Gasteiger partial charge in [-0.1, -0.05) is 0 Å². The fourth-order valence-corrected chi connectivity index (χ4v) is 2.07. The van der Waals surface area contributed by atoms with E-state index < -0.39 is 5.79 Å². The number of H-pyrrole nitrogens is 1. The molecule has 2 aliphatic rings. The number of ether oxygens (including phenoxy) is 2. The lowest BCUT2D eigenvalue weighted by molar-refractivity contribution is -0.149. The average molecular weight is 206 g/mol. The molecule has 0 aromatic carbocycles. The Labute approximate surface area is 85.7 Å². The van der Waals surface area contributed by atoms with Crippen LogP contribution in [0, 0.1) is 0 Å². The molecule has 78 valence electrons. The third kappa shape index (κ3) is 1.23. The first-order chi connectivity index (χ1) is 7.29. The molecule has 1 spiro atoms. The molecule has 0 bridgehead atoms. The quantitative estimate of drug-likeness (QED) is 0.670. The Morgan fingerprint density at radius 1 is 1.40 bits per heavy atom. The number of fused-ring (bicyclic) bond motifs is 1. The van der Waals surface area contributed by atoms with E-state index in [4.69, 9.17) is 9.47 Å². The summed E-state index contributed by atoms with van der Waals surface area (Å²) >= 11 is 0. The van der Waals surface area contributed by atoms with E-state index in [0.29, 0.717) is 19.3 Å². The first-order valence-electron chi connectivity index (χ1n) is 4.85. The van der Waals surface area contributed by atoms with Crippen molar-refractivity contribution >= 4 is 0 Å². The van der Waals surface area contributed by atoms with Gasteiger partial charge in [-0.3, -0.25) is 4.79 Å². The van der Waals surface area contributed by atoms with E-state index in [1.807, 2.05) is 0 Å². The first kappa shape index (κ1) is 8.52. The number of nitrogens with one attached hydrogen (secondary N) is 1. The molecule has 0 saturated heterocycles. The lowest BCUT2D eigenvalue weighted by Gasteiger charge is -2.31. The summed E-state index contributed by atoms with van der Waals surface area (Å²) in [7, 11) is 0. The van der Waals surface area contributed by atoms with Gasteiger partial charge in [-0.15, -0.1) is 0 Å². The van der Waals surface area contributed by atoms with Crippen LogP contribution in [0.3, 0.4) is 0 Å². The minimum absolute atomic E-state index is 0.0548. The largest absolute Gasteiger partial charge is 0.456 e. The van der Waals surface area contributed by atoms with E-state index in [9.17, 15) is 4.79 Å². The van der Waals surface area contributed by atoms with Crippen LogP contribution >= 0.6 is 0 Å². The van der Waals surface area contributed by atoms with Gasteiger partial charge in [-0.05, 0) is 6.42 Å². The van der Waals surface area contributed by atoms with Crippen LogP contribution in [-0.2, 0) is 22.3 Å². The highest BCUT2D eigenvalue weighted by Crippen LogP contribution is 2.33. The topological polar surface area (TPSA) is 64.2 Å². The minimum atomic E-state index is -0.617. The number of rotatable bonds is 0. The fraction of sp³-hybridized carbons (Fsp3) is 0.400. The summed E-state index contributed by atoms with van der Waals surface area (Å²) in [5.74, 6) is -0.617. The molecule has 0 radical (unpaired) electrons. The van der Waals surface area contributed by atoms with Gasteiger partial charge < -0.3 is 14.5 Å². The lowest BCUT2D eigenvalue weighted by Crippen LogP contribution is -2.39. The van der Waals surface area contributed by atoms with Gasteiger partial charge in [0, 0.05) is 12.0 Å². The highest BCUT2D eigenvalue weighted by molar-refractivity contribution is 5.22. The Kier molecular flexibility index (Phi) is 1.62. The summed E-state index contributed by atoms with van der Waals surface area (Å²) < 4.78 is 10.8. The Morgan fingerprint density at radius 2 is 2.20 bits per heavy atom. The van der Waals surface area contributed by atoms with Crippen molar-refractivity contribution in [3.8, 4) is 0 Å². The van der Waals surface area contributed by atoms with Gasteiger partial charge in [0.2, 0.25) is 0 Å². The summed E-state index contributed by atoms with van der Waals surface area (Å²) in [4.78, 5) is 18.2. The van der Waals surface area contributed by atoms with Gasteiger partial charge in [0.25, 0.3) is 11.3 Å². The van der Waals surface area contributed by atoms with Gasteiger partial charge in [0.05, 0.1) is 18.4 Å². The molecule has 1 aromatic rings. The second-order valence-corrected chi connectivity index (χ2v) is 3.75. The number of hydrogen-bond acceptors (Lipinski definition) is 4. The highest BCUT2D eigenvalue weighted by atomic mass is 16.7. The van der Waals surface area contributed by atoms with Gasteiger partial charge in [-0.25, -0.2) is 4.98 Å². The van der Waals surface area contributed by atoms with E-state index >= 15 is 0 Å². The minimum Gasteiger partial charge on any atom is -0.456 e. The SMILES string of the molecule is O=c1[nH]cnc2c1CCC1(C2)OC=CO1. The number of nitrogens with zero attached hydrogens (tertiary/aromatic N) is 1. The van der Waals surface area contributed by atoms with Crippen LogP contribution in [0.1, 0.15) is 17.7 Å². The zero-order valence-corrected chi connectivity index (χ0v) is 8.03. The van der Waals surface area contributed by atoms with E-state index in [1.54, 1.807) is 0 Å². The lowest BCUT2D eigenvalue weighted by atomic mass is 9.92. The maximum atomic E-state index is 11.5. The Hall–Kier alpha value is -1.78. The molecule has 15 heavy (non-hydrogen) atoms. The predicted molar refractivity (Wildman–Crippen MR) is 50.9 cm³/mol. The van der Waals surface area contributed by atoms with Crippen molar-refractivity contribution in [3.63, 3.8) is 0 Å². The number of hydrogen-bond donors (Lipinski definition) is 1. The molecule has 0 atom stereocenters. The molecule has 0 saturated carbocycles. The molecule has 2 heterocycles. The summed E-state index contributed by atoms with van der Waals surface area (Å²) in [5, 5.41) is 0. The third-order valence-electron chi connectivity index (χ3n) is 2.85. The molecule has 5 heteroatoms. The van der Waals surface area contributed by atoms with Crippen LogP contribution in [0.4, 0.5) is 0 Å². The molecule has 1 N–H and O–H groups in total. The van der Waals surface area contributed by atoms with Crippen LogP contribution in [0.5, 0.6) is 0 Å². The second-order valence-electron chi connectivity index (χ2n) is 3.75. The Morgan fingerprint density at radius 3 is 3.00 bits per heavy atom. The monoisotopic (exact) mass is 206 g/mol. The second kappa shape index (κ2) is 2.85. The van der Waals surface area contributed by atoms with Crippen molar-refractivity contribution in [2.45, 2.75) is 25.0 Å². The van der Waals surface area contributed by atoms with Gasteiger partial charge in [0.15, 0.2) is 0 Å². The van der Waals surface area contributed by atoms with Crippen LogP contribution in [0.25, 0.3) is 0 Å². The van der Waals surface area contributed by atoms with Crippen LogP contribution in [0.2, 0.25) is 0 Å². The number of aromatic nitrogens is 2. The maximum absolute atomic E-state index is 11.5. The smallest absolute Gasteiger partial charge is 0.255 e. The predicted octanol–water partition coefficient (Wildman–Crippen LogP) is 0.473. The zero-order valence-electron chi connectivity index (χ0n) is 8.03. The molecule has 0 unspecified atom stereocenters. The maximum Gasteiger partial charge on any atom is 0.255 e. The molecule has 5 nitrogen and oxygen atoms in total. The van der Waals surface area contributed by atoms with Gasteiger partial charge in [0.1, 0.15) is 12.5 Å². The molecule has 0 fully saturated rings. The summed E-state index contributed by atoms with van der Waals surface area (Å²) in [6.07, 6.45) is 6.35. The fourth-order valence-electron chi connectivity index (χ4n) is 2.07. The summed E-state index contributed by atoms with van der Waals surface area (Å²) in [6.45, 7) is 0. The molecule has 1 aliphatic heterocycles. The van der Waals surface area contributed by atoms with E-state index in [0.717, 1.165) is 11.3 Å². The molecular formula is C10H10N2O3. The van der Waals surface area contributed by atoms with Crippen LogP contribution in [-0.4, -0.2) is 15.8 Å². The molecule has 0 amide bonds. The van der Waals surface area contributed by atoms with E-state index in [-0.39, 0.29) is 5.56 Å². The highest BCUT2D eigenvalue weighted by Gasteiger charge is 2.40. The van der Waals surface area contributed by atoms with Crippen molar-refractivity contribution in [3.05, 3.63) is 40.5 Å². The summed E-state index contributed by atoms with van der Waals surface area (Å²) in [5.41, 5.74) is 1.47. The molecule has 1 aliphatic carbocycles. The van der Waals surface area contributed by atoms with E-state index in [2.05, 4.69) is 9.97 Å². The zero-order chi connectivity index (χ0) is 10.3. The van der Waals surface area contributed by atoms with Crippen molar-refractivity contribution in [2.75, 3.05) is 0 Å². The molecule has 1 aromatic heterocycles. The van der Waals surface area contributed by atoms with E-state index in [1.165, 1.54) is 18.9 Å². The normalized spacial score (nSPS) is 20.8. The number of aromatic amines is 1. The van der Waals surface area contributed by atoms with Crippen molar-refractivity contribution in [1.82, 2.24) is 9.97 Å².